The van der Waals surface area contributed by atoms with Gasteiger partial charge in [0.25, 0.3) is 15.9 Å². The molecule has 1 amide bonds. The number of aryl methyl sites for hydroxylation is 4. The fourth-order valence-corrected chi connectivity index (χ4v) is 4.20. The first-order valence-electron chi connectivity index (χ1n) is 10.1. The molecule has 0 saturated carbocycles. The lowest BCUT2D eigenvalue weighted by molar-refractivity contribution is -0.122. The number of nitrogens with zero attached hydrogens (tertiary/aromatic N) is 2. The summed E-state index contributed by atoms with van der Waals surface area (Å²) in [5.41, 5.74) is 3.45. The van der Waals surface area contributed by atoms with E-state index in [0.717, 1.165) is 11.1 Å². The fraction of sp³-hybridized carbons (Fsp3) is 0.261. The van der Waals surface area contributed by atoms with Gasteiger partial charge in [0.1, 0.15) is 5.75 Å². The number of amides is 1. The van der Waals surface area contributed by atoms with Gasteiger partial charge in [-0.15, -0.1) is 0 Å². The Labute approximate surface area is 198 Å². The Bertz CT molecular complexity index is 1250. The van der Waals surface area contributed by atoms with Gasteiger partial charge in [0, 0.05) is 22.1 Å². The third-order valence-corrected chi connectivity index (χ3v) is 6.67. The van der Waals surface area contributed by atoms with Gasteiger partial charge in [-0.1, -0.05) is 11.6 Å². The first-order valence-corrected chi connectivity index (χ1v) is 12.0. The van der Waals surface area contributed by atoms with Crippen molar-refractivity contribution in [1.82, 2.24) is 9.97 Å². The van der Waals surface area contributed by atoms with Crippen LogP contribution >= 0.6 is 11.6 Å². The molecule has 174 valence electrons. The van der Waals surface area contributed by atoms with Crippen LogP contribution in [0.4, 0.5) is 11.6 Å². The Balaban J connectivity index is 1.66. The van der Waals surface area contributed by atoms with Crippen LogP contribution in [0, 0.1) is 27.7 Å². The number of carbonyl (C=O) groups excluding carboxylic acids is 1. The fourth-order valence-electron chi connectivity index (χ4n) is 3.14. The van der Waals surface area contributed by atoms with E-state index in [0.29, 0.717) is 27.8 Å². The van der Waals surface area contributed by atoms with Crippen LogP contribution in [-0.2, 0) is 14.8 Å². The number of nitrogens with one attached hydrogen (secondary N) is 2. The smallest absolute Gasteiger partial charge is 0.265 e. The second kappa shape index (κ2) is 9.76. The van der Waals surface area contributed by atoms with Crippen LogP contribution in [-0.4, -0.2) is 30.4 Å². The van der Waals surface area contributed by atoms with E-state index in [9.17, 15) is 13.2 Å². The largest absolute Gasteiger partial charge is 0.481 e. The third-order valence-electron chi connectivity index (χ3n) is 4.73. The number of hydrogen-bond acceptors (Lipinski definition) is 6. The Hall–Kier alpha value is -3.17. The minimum Gasteiger partial charge on any atom is -0.481 e. The van der Waals surface area contributed by atoms with Gasteiger partial charge in [-0.05, 0) is 88.2 Å². The van der Waals surface area contributed by atoms with E-state index in [-0.39, 0.29) is 16.8 Å². The monoisotopic (exact) mass is 488 g/mol. The van der Waals surface area contributed by atoms with E-state index in [1.165, 1.54) is 24.3 Å². The van der Waals surface area contributed by atoms with E-state index in [1.54, 1.807) is 39.0 Å². The number of sulfonamides is 1. The van der Waals surface area contributed by atoms with Crippen LogP contribution in [0.2, 0.25) is 5.02 Å². The van der Waals surface area contributed by atoms with E-state index >= 15 is 0 Å². The van der Waals surface area contributed by atoms with E-state index < -0.39 is 16.1 Å². The SMILES string of the molecule is Cc1cc(C)nc(NS(=O)(=O)c2ccc(NC(=O)[C@H](C)Oc3cc(C)c(Cl)c(C)c3)cc2)n1. The molecule has 0 fully saturated rings. The van der Waals surface area contributed by atoms with Crippen molar-refractivity contribution in [2.24, 2.45) is 0 Å². The van der Waals surface area contributed by atoms with Gasteiger partial charge >= 0.3 is 0 Å². The average Bonchev–Trinajstić information content (AvgIpc) is 2.71. The number of aromatic nitrogens is 2. The molecule has 0 aliphatic carbocycles. The second-order valence-corrected chi connectivity index (χ2v) is 9.78. The maximum absolute atomic E-state index is 12.6. The van der Waals surface area contributed by atoms with Crippen molar-refractivity contribution < 1.29 is 17.9 Å². The number of hydrogen-bond donors (Lipinski definition) is 2. The maximum Gasteiger partial charge on any atom is 0.265 e. The molecule has 3 aromatic rings. The Morgan fingerprint density at radius 3 is 2.06 bits per heavy atom. The van der Waals surface area contributed by atoms with Crippen LogP contribution in [0.5, 0.6) is 5.75 Å². The quantitative estimate of drug-likeness (QED) is 0.504. The number of benzene rings is 2. The van der Waals surface area contributed by atoms with Gasteiger partial charge in [-0.2, -0.15) is 0 Å². The predicted molar refractivity (Wildman–Crippen MR) is 128 cm³/mol. The zero-order chi connectivity index (χ0) is 24.3. The summed E-state index contributed by atoms with van der Waals surface area (Å²) in [5.74, 6) is 0.166. The first kappa shape index (κ1) is 24.5. The molecule has 0 aliphatic rings. The molecule has 10 heteroatoms. The molecule has 33 heavy (non-hydrogen) atoms. The molecule has 0 saturated heterocycles. The molecule has 0 spiro atoms. The highest BCUT2D eigenvalue weighted by Gasteiger charge is 2.18. The second-order valence-electron chi connectivity index (χ2n) is 7.72. The van der Waals surface area contributed by atoms with E-state index in [4.69, 9.17) is 16.3 Å². The van der Waals surface area contributed by atoms with E-state index in [2.05, 4.69) is 20.0 Å². The van der Waals surface area contributed by atoms with Gasteiger partial charge in [0.2, 0.25) is 5.95 Å². The predicted octanol–water partition coefficient (Wildman–Crippen LogP) is 4.57. The highest BCUT2D eigenvalue weighted by Crippen LogP contribution is 2.26. The van der Waals surface area contributed by atoms with Gasteiger partial charge in [0.05, 0.1) is 4.90 Å². The van der Waals surface area contributed by atoms with Crippen LogP contribution in [0.15, 0.2) is 47.4 Å². The minimum absolute atomic E-state index is 0.00326. The summed E-state index contributed by atoms with van der Waals surface area (Å²) >= 11 is 6.17. The molecule has 1 heterocycles. The van der Waals surface area contributed by atoms with Crippen molar-refractivity contribution in [1.29, 1.82) is 0 Å². The highest BCUT2D eigenvalue weighted by atomic mass is 35.5. The van der Waals surface area contributed by atoms with Crippen molar-refractivity contribution in [2.75, 3.05) is 10.0 Å². The Morgan fingerprint density at radius 1 is 0.970 bits per heavy atom. The molecular weight excluding hydrogens is 464 g/mol. The van der Waals surface area contributed by atoms with Crippen molar-refractivity contribution in [2.45, 2.75) is 45.6 Å². The number of rotatable bonds is 7. The lowest BCUT2D eigenvalue weighted by Gasteiger charge is -2.16. The molecule has 0 aliphatic heterocycles. The summed E-state index contributed by atoms with van der Waals surface area (Å²) in [6.45, 7) is 8.86. The Morgan fingerprint density at radius 2 is 1.52 bits per heavy atom. The van der Waals surface area contributed by atoms with Crippen molar-refractivity contribution >= 4 is 39.2 Å². The molecular formula is C23H25ClN4O4S. The molecule has 0 bridgehead atoms. The summed E-state index contributed by atoms with van der Waals surface area (Å²) in [4.78, 5) is 20.7. The zero-order valence-electron chi connectivity index (χ0n) is 18.9. The summed E-state index contributed by atoms with van der Waals surface area (Å²) in [6.07, 6.45) is -0.781. The van der Waals surface area contributed by atoms with E-state index in [1.807, 2.05) is 13.8 Å². The van der Waals surface area contributed by atoms with Gasteiger partial charge in [-0.3, -0.25) is 4.79 Å². The van der Waals surface area contributed by atoms with Gasteiger partial charge in [0.15, 0.2) is 6.10 Å². The number of anilines is 2. The highest BCUT2D eigenvalue weighted by molar-refractivity contribution is 7.92. The van der Waals surface area contributed by atoms with Crippen molar-refractivity contribution in [3.05, 3.63) is 70.0 Å². The lowest BCUT2D eigenvalue weighted by Crippen LogP contribution is -2.30. The number of halogens is 1. The van der Waals surface area contributed by atoms with Crippen LogP contribution in [0.25, 0.3) is 0 Å². The minimum atomic E-state index is -3.88. The van der Waals surface area contributed by atoms with Crippen LogP contribution in [0.1, 0.15) is 29.4 Å². The maximum atomic E-state index is 12.6. The topological polar surface area (TPSA) is 110 Å². The lowest BCUT2D eigenvalue weighted by atomic mass is 10.1. The summed E-state index contributed by atoms with van der Waals surface area (Å²) in [6, 6.07) is 11.1. The van der Waals surface area contributed by atoms with Gasteiger partial charge < -0.3 is 10.1 Å². The zero-order valence-corrected chi connectivity index (χ0v) is 20.5. The molecule has 3 rings (SSSR count). The van der Waals surface area contributed by atoms with Crippen LogP contribution < -0.4 is 14.8 Å². The van der Waals surface area contributed by atoms with Gasteiger partial charge in [-0.25, -0.2) is 23.1 Å². The van der Waals surface area contributed by atoms with Crippen molar-refractivity contribution in [3.63, 3.8) is 0 Å². The third kappa shape index (κ3) is 6.21. The standard InChI is InChI=1S/C23H25ClN4O4S/c1-13-10-19(11-14(2)21(13)24)32-17(5)22(29)27-18-6-8-20(9-7-18)33(30,31)28-23-25-15(3)12-16(4)26-23/h6-12,17H,1-5H3,(H,27,29)(H,25,26,28)/t17-/m0/s1. The average molecular weight is 489 g/mol. The molecule has 2 N–H and O–H groups in total. The first-order chi connectivity index (χ1) is 15.4. The molecule has 1 atom stereocenters. The molecule has 0 radical (unpaired) electrons. The number of ether oxygens (including phenoxy) is 1. The summed E-state index contributed by atoms with van der Waals surface area (Å²) < 4.78 is 33.4. The van der Waals surface area contributed by atoms with Crippen molar-refractivity contribution in [3.8, 4) is 5.75 Å². The Kier molecular flexibility index (Phi) is 7.24. The number of carbonyl (C=O) groups is 1. The summed E-state index contributed by atoms with van der Waals surface area (Å²) in [5, 5.41) is 3.38. The molecule has 0 unspecified atom stereocenters. The normalized spacial score (nSPS) is 12.2. The molecule has 1 aromatic heterocycles. The molecule has 8 nitrogen and oxygen atoms in total. The molecule has 2 aromatic carbocycles. The summed E-state index contributed by atoms with van der Waals surface area (Å²) in [7, 11) is -3.88. The van der Waals surface area contributed by atoms with Crippen LogP contribution in [0.3, 0.4) is 0 Å².